The van der Waals surface area contributed by atoms with Gasteiger partial charge in [0.25, 0.3) is 5.69 Å². The van der Waals surface area contributed by atoms with Crippen LogP contribution in [0.2, 0.25) is 0 Å². The maximum atomic E-state index is 12.1. The zero-order valence-electron chi connectivity index (χ0n) is 13.9. The minimum absolute atomic E-state index is 0.0312. The molecule has 0 aliphatic carbocycles. The van der Waals surface area contributed by atoms with Gasteiger partial charge in [-0.15, -0.1) is 5.10 Å². The highest BCUT2D eigenvalue weighted by molar-refractivity contribution is 8.15. The summed E-state index contributed by atoms with van der Waals surface area (Å²) in [4.78, 5) is 23.9. The molecule has 1 aliphatic heterocycles. The first-order valence-corrected chi connectivity index (χ1v) is 8.63. The number of benzene rings is 1. The summed E-state index contributed by atoms with van der Waals surface area (Å²) < 4.78 is 0. The first-order chi connectivity index (χ1) is 11.4. The predicted octanol–water partition coefficient (Wildman–Crippen LogP) is 3.45. The number of rotatable bonds is 6. The summed E-state index contributed by atoms with van der Waals surface area (Å²) in [5, 5.41) is 19.7. The number of amides is 1. The van der Waals surface area contributed by atoms with Gasteiger partial charge >= 0.3 is 0 Å². The number of carbonyl (C=O) groups excluding carboxylic acids is 1. The van der Waals surface area contributed by atoms with Crippen molar-refractivity contribution in [2.45, 2.75) is 33.7 Å². The third kappa shape index (κ3) is 4.89. The number of amidine groups is 1. The quantitative estimate of drug-likeness (QED) is 0.447. The van der Waals surface area contributed by atoms with E-state index in [1.165, 1.54) is 23.9 Å². The summed E-state index contributed by atoms with van der Waals surface area (Å²) in [6.07, 6.45) is 0.859. The first kappa shape index (κ1) is 18.1. The van der Waals surface area contributed by atoms with Crippen molar-refractivity contribution in [2.24, 2.45) is 16.1 Å². The molecule has 1 fully saturated rings. The molecule has 7 nitrogen and oxygen atoms in total. The number of nitro benzene ring substituents is 1. The van der Waals surface area contributed by atoms with Gasteiger partial charge < -0.3 is 0 Å². The van der Waals surface area contributed by atoms with Crippen LogP contribution < -0.4 is 0 Å². The Labute approximate surface area is 145 Å². The lowest BCUT2D eigenvalue weighted by molar-refractivity contribution is -0.384. The molecule has 1 amide bonds. The van der Waals surface area contributed by atoms with Crippen LogP contribution in [0.3, 0.4) is 0 Å². The lowest BCUT2D eigenvalue weighted by atomic mass is 10.1. The van der Waals surface area contributed by atoms with E-state index in [-0.39, 0.29) is 11.6 Å². The highest BCUT2D eigenvalue weighted by Crippen LogP contribution is 2.23. The van der Waals surface area contributed by atoms with E-state index in [1.807, 2.05) is 6.92 Å². The van der Waals surface area contributed by atoms with Crippen molar-refractivity contribution in [1.29, 1.82) is 0 Å². The molecule has 0 atom stereocenters. The third-order valence-electron chi connectivity index (χ3n) is 3.35. The fraction of sp³-hybridized carbons (Fsp3) is 0.438. The summed E-state index contributed by atoms with van der Waals surface area (Å²) in [5.41, 5.74) is 1.77. The lowest BCUT2D eigenvalue weighted by Crippen LogP contribution is -2.28. The van der Waals surface area contributed by atoms with Crippen LogP contribution in [0.4, 0.5) is 5.69 Å². The molecule has 0 aromatic heterocycles. The zero-order valence-corrected chi connectivity index (χ0v) is 14.7. The largest absolute Gasteiger partial charge is 0.285 e. The Morgan fingerprint density at radius 3 is 2.62 bits per heavy atom. The van der Waals surface area contributed by atoms with Gasteiger partial charge in [-0.3, -0.25) is 19.8 Å². The highest BCUT2D eigenvalue weighted by atomic mass is 32.2. The molecular weight excluding hydrogens is 328 g/mol. The van der Waals surface area contributed by atoms with Gasteiger partial charge in [-0.1, -0.05) is 37.7 Å². The Morgan fingerprint density at radius 2 is 2.04 bits per heavy atom. The van der Waals surface area contributed by atoms with Crippen LogP contribution in [-0.2, 0) is 11.3 Å². The second-order valence-electron chi connectivity index (χ2n) is 6.01. The van der Waals surface area contributed by atoms with Crippen LogP contribution in [0, 0.1) is 16.0 Å². The topological polar surface area (TPSA) is 88.2 Å². The van der Waals surface area contributed by atoms with Gasteiger partial charge in [0.2, 0.25) is 5.91 Å². The maximum Gasteiger partial charge on any atom is 0.269 e. The Morgan fingerprint density at radius 1 is 1.38 bits per heavy atom. The molecule has 128 valence electrons. The molecule has 0 unspecified atom stereocenters. The van der Waals surface area contributed by atoms with Gasteiger partial charge in [-0.25, -0.2) is 0 Å². The van der Waals surface area contributed by atoms with Crippen LogP contribution >= 0.6 is 11.8 Å². The van der Waals surface area contributed by atoms with E-state index in [1.54, 1.807) is 17.0 Å². The van der Waals surface area contributed by atoms with Crippen molar-refractivity contribution in [3.05, 3.63) is 39.9 Å². The van der Waals surface area contributed by atoms with E-state index < -0.39 is 4.92 Å². The normalized spacial score (nSPS) is 17.2. The van der Waals surface area contributed by atoms with Crippen LogP contribution in [-0.4, -0.2) is 32.4 Å². The summed E-state index contributed by atoms with van der Waals surface area (Å²) in [6.45, 7) is 6.48. The average Bonchev–Trinajstić information content (AvgIpc) is 2.86. The number of non-ortho nitro benzene ring substituents is 1. The molecule has 0 spiro atoms. The van der Waals surface area contributed by atoms with E-state index in [4.69, 9.17) is 0 Å². The van der Waals surface area contributed by atoms with Crippen molar-refractivity contribution in [3.63, 3.8) is 0 Å². The SMILES string of the molecule is C/C(CC(C)C)=N\N=C1/SCC(=O)N1Cc1ccc([N+](=O)[O-])cc1. The molecule has 1 aromatic carbocycles. The molecule has 1 heterocycles. The third-order valence-corrected chi connectivity index (χ3v) is 4.31. The van der Waals surface area contributed by atoms with Gasteiger partial charge in [-0.05, 0) is 24.8 Å². The number of thioether (sulfide) groups is 1. The number of nitrogens with zero attached hydrogens (tertiary/aromatic N) is 4. The van der Waals surface area contributed by atoms with E-state index in [9.17, 15) is 14.9 Å². The fourth-order valence-corrected chi connectivity index (χ4v) is 3.12. The van der Waals surface area contributed by atoms with E-state index >= 15 is 0 Å². The minimum atomic E-state index is -0.445. The number of hydrogen-bond donors (Lipinski definition) is 0. The van der Waals surface area contributed by atoms with Crippen molar-refractivity contribution in [3.8, 4) is 0 Å². The Balaban J connectivity index is 2.11. The molecule has 0 bridgehead atoms. The molecule has 0 saturated carbocycles. The molecule has 0 radical (unpaired) electrons. The van der Waals surface area contributed by atoms with E-state index in [0.29, 0.717) is 23.4 Å². The summed E-state index contributed by atoms with van der Waals surface area (Å²) in [5.74, 6) is 0.807. The van der Waals surface area contributed by atoms with Gasteiger partial charge in [0.05, 0.1) is 17.2 Å². The molecule has 1 saturated heterocycles. The van der Waals surface area contributed by atoms with Crippen LogP contribution in [0.25, 0.3) is 0 Å². The van der Waals surface area contributed by atoms with Crippen molar-refractivity contribution in [1.82, 2.24) is 4.90 Å². The Bertz CT molecular complexity index is 683. The fourth-order valence-electron chi connectivity index (χ4n) is 2.29. The monoisotopic (exact) mass is 348 g/mol. The number of carbonyl (C=O) groups is 1. The highest BCUT2D eigenvalue weighted by Gasteiger charge is 2.28. The second kappa shape index (κ2) is 8.05. The van der Waals surface area contributed by atoms with Crippen molar-refractivity contribution in [2.75, 3.05) is 5.75 Å². The Hall–Kier alpha value is -2.22. The summed E-state index contributed by atoms with van der Waals surface area (Å²) in [7, 11) is 0. The molecule has 1 aromatic rings. The molecule has 2 rings (SSSR count). The predicted molar refractivity (Wildman–Crippen MR) is 96.1 cm³/mol. The minimum Gasteiger partial charge on any atom is -0.285 e. The maximum absolute atomic E-state index is 12.1. The standard InChI is InChI=1S/C16H20N4O3S/c1-11(2)8-12(3)17-18-16-19(15(21)10-24-16)9-13-4-6-14(7-5-13)20(22)23/h4-7,11H,8-10H2,1-3H3/b17-12+,18-16-. The smallest absolute Gasteiger partial charge is 0.269 e. The Kier molecular flexibility index (Phi) is 6.08. The van der Waals surface area contributed by atoms with Crippen molar-refractivity contribution >= 4 is 34.2 Å². The molecule has 1 aliphatic rings. The average molecular weight is 348 g/mol. The summed E-state index contributed by atoms with van der Waals surface area (Å²) >= 11 is 1.36. The van der Waals surface area contributed by atoms with Crippen LogP contribution in [0.15, 0.2) is 34.5 Å². The number of hydrogen-bond acceptors (Lipinski definition) is 6. The van der Waals surface area contributed by atoms with Crippen LogP contribution in [0.1, 0.15) is 32.8 Å². The van der Waals surface area contributed by atoms with Gasteiger partial charge in [0.15, 0.2) is 5.17 Å². The van der Waals surface area contributed by atoms with Gasteiger partial charge in [0.1, 0.15) is 0 Å². The van der Waals surface area contributed by atoms with E-state index in [2.05, 4.69) is 24.1 Å². The van der Waals surface area contributed by atoms with E-state index in [0.717, 1.165) is 17.7 Å². The molecule has 24 heavy (non-hydrogen) atoms. The first-order valence-electron chi connectivity index (χ1n) is 7.64. The zero-order chi connectivity index (χ0) is 17.7. The lowest BCUT2D eigenvalue weighted by Gasteiger charge is -2.15. The summed E-state index contributed by atoms with van der Waals surface area (Å²) in [6, 6.07) is 6.17. The van der Waals surface area contributed by atoms with Gasteiger partial charge in [-0.2, -0.15) is 5.10 Å². The molecule has 8 heteroatoms. The number of nitro groups is 1. The van der Waals surface area contributed by atoms with Crippen LogP contribution in [0.5, 0.6) is 0 Å². The second-order valence-corrected chi connectivity index (χ2v) is 6.95. The van der Waals surface area contributed by atoms with Crippen molar-refractivity contribution < 1.29 is 9.72 Å². The molecule has 0 N–H and O–H groups in total. The van der Waals surface area contributed by atoms with Gasteiger partial charge in [0, 0.05) is 17.8 Å². The molecular formula is C16H20N4O3S.